The second-order valence-corrected chi connectivity index (χ2v) is 6.44. The number of nitrogens with two attached hydrogens (primary N) is 1. The molecule has 2 N–H and O–H groups in total. The van der Waals surface area contributed by atoms with E-state index in [0.717, 1.165) is 25.8 Å². The van der Waals surface area contributed by atoms with Gasteiger partial charge in [0.15, 0.2) is 9.84 Å². The van der Waals surface area contributed by atoms with Crippen molar-refractivity contribution in [2.75, 3.05) is 32.4 Å². The normalized spacial score (nSPS) is 26.6. The Morgan fingerprint density at radius 3 is 2.71 bits per heavy atom. The number of nitrogens with zero attached hydrogens (tertiary/aromatic N) is 1. The van der Waals surface area contributed by atoms with E-state index in [1.165, 1.54) is 0 Å². The van der Waals surface area contributed by atoms with Crippen LogP contribution in [0.1, 0.15) is 19.3 Å². The molecule has 5 heteroatoms. The van der Waals surface area contributed by atoms with Gasteiger partial charge in [0.05, 0.1) is 11.0 Å². The fourth-order valence-electron chi connectivity index (χ4n) is 1.89. The molecule has 84 valence electrons. The maximum Gasteiger partial charge on any atom is 0.154 e. The van der Waals surface area contributed by atoms with Crippen LogP contribution in [0.2, 0.25) is 0 Å². The minimum Gasteiger partial charge on any atom is -0.329 e. The van der Waals surface area contributed by atoms with Gasteiger partial charge in [-0.2, -0.15) is 0 Å². The lowest BCUT2D eigenvalue weighted by molar-refractivity contribution is 0.329. The molecule has 0 aliphatic carbocycles. The fraction of sp³-hybridized carbons (Fsp3) is 1.00. The van der Waals surface area contributed by atoms with Crippen LogP contribution in [-0.2, 0) is 9.84 Å². The summed E-state index contributed by atoms with van der Waals surface area (Å²) < 4.78 is 23.3. The SMILES string of the molecule is CN(CCN)CC1CCCCS1(=O)=O. The molecule has 0 bridgehead atoms. The smallest absolute Gasteiger partial charge is 0.154 e. The summed E-state index contributed by atoms with van der Waals surface area (Å²) in [5, 5.41) is -0.159. The zero-order chi connectivity index (χ0) is 10.6. The Labute approximate surface area is 86.4 Å². The van der Waals surface area contributed by atoms with Crippen LogP contribution in [0.5, 0.6) is 0 Å². The highest BCUT2D eigenvalue weighted by atomic mass is 32.2. The standard InChI is InChI=1S/C9H20N2O2S/c1-11(6-5-10)8-9-4-2-3-7-14(9,12)13/h9H,2-8,10H2,1H3. The number of hydrogen-bond donors (Lipinski definition) is 1. The first-order valence-corrected chi connectivity index (χ1v) is 6.88. The molecule has 0 aromatic heterocycles. The van der Waals surface area contributed by atoms with Crippen molar-refractivity contribution < 1.29 is 8.42 Å². The molecule has 0 aromatic rings. The third-order valence-corrected chi connectivity index (χ3v) is 5.00. The number of hydrogen-bond acceptors (Lipinski definition) is 4. The fourth-order valence-corrected chi connectivity index (χ4v) is 3.83. The van der Waals surface area contributed by atoms with Crippen LogP contribution in [0.3, 0.4) is 0 Å². The molecular formula is C9H20N2O2S. The van der Waals surface area contributed by atoms with Crippen molar-refractivity contribution in [3.05, 3.63) is 0 Å². The lowest BCUT2D eigenvalue weighted by Crippen LogP contribution is -2.39. The molecule has 0 spiro atoms. The van der Waals surface area contributed by atoms with Crippen LogP contribution in [-0.4, -0.2) is 51.0 Å². The average molecular weight is 220 g/mol. The van der Waals surface area contributed by atoms with Gasteiger partial charge in [-0.25, -0.2) is 8.42 Å². The topological polar surface area (TPSA) is 63.4 Å². The summed E-state index contributed by atoms with van der Waals surface area (Å²) in [6.45, 7) is 1.99. The van der Waals surface area contributed by atoms with Crippen LogP contribution in [0.15, 0.2) is 0 Å². The molecule has 1 atom stereocenters. The van der Waals surface area contributed by atoms with Crippen molar-refractivity contribution in [2.45, 2.75) is 24.5 Å². The van der Waals surface area contributed by atoms with E-state index in [0.29, 0.717) is 18.8 Å². The van der Waals surface area contributed by atoms with E-state index in [9.17, 15) is 8.42 Å². The molecule has 1 aliphatic rings. The zero-order valence-corrected chi connectivity index (χ0v) is 9.59. The van der Waals surface area contributed by atoms with Crippen molar-refractivity contribution in [1.82, 2.24) is 4.90 Å². The van der Waals surface area contributed by atoms with Gasteiger partial charge in [0.25, 0.3) is 0 Å². The van der Waals surface area contributed by atoms with Gasteiger partial charge in [-0.15, -0.1) is 0 Å². The van der Waals surface area contributed by atoms with E-state index in [-0.39, 0.29) is 5.25 Å². The van der Waals surface area contributed by atoms with Gasteiger partial charge >= 0.3 is 0 Å². The average Bonchev–Trinajstić information content (AvgIpc) is 2.09. The van der Waals surface area contributed by atoms with Gasteiger partial charge in [-0.05, 0) is 19.9 Å². The lowest BCUT2D eigenvalue weighted by Gasteiger charge is -2.26. The van der Waals surface area contributed by atoms with Gasteiger partial charge in [0.1, 0.15) is 0 Å². The Morgan fingerprint density at radius 2 is 2.14 bits per heavy atom. The summed E-state index contributed by atoms with van der Waals surface area (Å²) in [6.07, 6.45) is 2.69. The highest BCUT2D eigenvalue weighted by Gasteiger charge is 2.29. The van der Waals surface area contributed by atoms with Crippen LogP contribution in [0.25, 0.3) is 0 Å². The maximum atomic E-state index is 11.7. The second-order valence-electron chi connectivity index (χ2n) is 4.04. The Morgan fingerprint density at radius 1 is 1.43 bits per heavy atom. The van der Waals surface area contributed by atoms with Crippen molar-refractivity contribution >= 4 is 9.84 Å². The van der Waals surface area contributed by atoms with Crippen molar-refractivity contribution in [3.8, 4) is 0 Å². The highest BCUT2D eigenvalue weighted by Crippen LogP contribution is 2.19. The molecule has 0 saturated carbocycles. The summed E-state index contributed by atoms with van der Waals surface area (Å²) in [6, 6.07) is 0. The van der Waals surface area contributed by atoms with Gasteiger partial charge in [-0.3, -0.25) is 0 Å². The summed E-state index contributed by atoms with van der Waals surface area (Å²) in [7, 11) is -0.892. The minimum atomic E-state index is -2.82. The quantitative estimate of drug-likeness (QED) is 0.715. The Balaban J connectivity index is 2.49. The Kier molecular flexibility index (Phi) is 4.34. The van der Waals surface area contributed by atoms with E-state index in [1.807, 2.05) is 11.9 Å². The highest BCUT2D eigenvalue weighted by molar-refractivity contribution is 7.92. The van der Waals surface area contributed by atoms with Gasteiger partial charge < -0.3 is 10.6 Å². The van der Waals surface area contributed by atoms with E-state index in [1.54, 1.807) is 0 Å². The number of likely N-dealkylation sites (N-methyl/N-ethyl adjacent to an activating group) is 1. The molecule has 1 heterocycles. The van der Waals surface area contributed by atoms with Crippen LogP contribution < -0.4 is 5.73 Å². The molecule has 1 rings (SSSR count). The molecule has 1 saturated heterocycles. The van der Waals surface area contributed by atoms with E-state index < -0.39 is 9.84 Å². The van der Waals surface area contributed by atoms with E-state index in [2.05, 4.69) is 0 Å². The molecule has 0 radical (unpaired) electrons. The monoisotopic (exact) mass is 220 g/mol. The number of rotatable bonds is 4. The van der Waals surface area contributed by atoms with Crippen molar-refractivity contribution in [3.63, 3.8) is 0 Å². The molecule has 0 amide bonds. The minimum absolute atomic E-state index is 0.159. The molecule has 0 aromatic carbocycles. The second kappa shape index (κ2) is 5.09. The molecule has 1 aliphatic heterocycles. The van der Waals surface area contributed by atoms with Crippen LogP contribution in [0.4, 0.5) is 0 Å². The molecular weight excluding hydrogens is 200 g/mol. The number of sulfone groups is 1. The third kappa shape index (κ3) is 3.22. The molecule has 14 heavy (non-hydrogen) atoms. The predicted molar refractivity (Wildman–Crippen MR) is 58.0 cm³/mol. The maximum absolute atomic E-state index is 11.7. The summed E-state index contributed by atoms with van der Waals surface area (Å²) in [5.74, 6) is 0.369. The first kappa shape index (κ1) is 11.9. The van der Waals surface area contributed by atoms with E-state index in [4.69, 9.17) is 5.73 Å². The van der Waals surface area contributed by atoms with Crippen molar-refractivity contribution in [2.24, 2.45) is 5.73 Å². The van der Waals surface area contributed by atoms with Gasteiger partial charge in [0.2, 0.25) is 0 Å². The van der Waals surface area contributed by atoms with Gasteiger partial charge in [-0.1, -0.05) is 6.42 Å². The lowest BCUT2D eigenvalue weighted by atomic mass is 10.2. The zero-order valence-electron chi connectivity index (χ0n) is 8.78. The summed E-state index contributed by atoms with van der Waals surface area (Å²) in [4.78, 5) is 2.01. The summed E-state index contributed by atoms with van der Waals surface area (Å²) in [5.41, 5.74) is 5.41. The van der Waals surface area contributed by atoms with Crippen LogP contribution >= 0.6 is 0 Å². The van der Waals surface area contributed by atoms with Crippen LogP contribution in [0, 0.1) is 0 Å². The molecule has 1 fully saturated rings. The largest absolute Gasteiger partial charge is 0.329 e. The van der Waals surface area contributed by atoms with Gasteiger partial charge in [0, 0.05) is 19.6 Å². The predicted octanol–water partition coefficient (Wildman–Crippen LogP) is -0.156. The van der Waals surface area contributed by atoms with E-state index >= 15 is 0 Å². The molecule has 4 nitrogen and oxygen atoms in total. The van der Waals surface area contributed by atoms with Crippen molar-refractivity contribution in [1.29, 1.82) is 0 Å². The molecule has 1 unspecified atom stereocenters. The Bertz CT molecular complexity index is 264. The first-order valence-electron chi connectivity index (χ1n) is 5.16. The Hall–Kier alpha value is -0.130. The summed E-state index contributed by atoms with van der Waals surface area (Å²) >= 11 is 0. The third-order valence-electron chi connectivity index (χ3n) is 2.74. The first-order chi connectivity index (χ1) is 6.56.